The van der Waals surface area contributed by atoms with Gasteiger partial charge in [0.2, 0.25) is 0 Å². The van der Waals surface area contributed by atoms with Crippen LogP contribution in [0.1, 0.15) is 37.7 Å². The van der Waals surface area contributed by atoms with Gasteiger partial charge in [-0.1, -0.05) is 23.1 Å². The number of carbonyl (C=O) groups is 3. The topological polar surface area (TPSA) is 101 Å². The van der Waals surface area contributed by atoms with Gasteiger partial charge in [0.05, 0.1) is 0 Å². The Labute approximate surface area is 173 Å². The Bertz CT molecular complexity index is 792. The first-order valence-electron chi connectivity index (χ1n) is 8.52. The zero-order valence-electron chi connectivity index (χ0n) is 16.2. The fraction of sp³-hybridized carbons (Fsp3) is 0.625. The molecule has 0 aliphatic carbocycles. The van der Waals surface area contributed by atoms with Gasteiger partial charge in [-0.05, 0) is 33.4 Å². The second-order valence-electron chi connectivity index (χ2n) is 7.20. The third-order valence-corrected chi connectivity index (χ3v) is 5.61. The predicted octanol–water partition coefficient (Wildman–Crippen LogP) is 3.11. The normalized spacial score (nSPS) is 17.2. The number of nitrogens with zero attached hydrogens (tertiary/aromatic N) is 2. The van der Waals surface area contributed by atoms with E-state index in [1.54, 1.807) is 32.3 Å². The van der Waals surface area contributed by atoms with E-state index in [-0.39, 0.29) is 17.2 Å². The van der Waals surface area contributed by atoms with Gasteiger partial charge < -0.3 is 20.3 Å². The number of likely N-dealkylation sites (tertiary alicyclic amines) is 1. The van der Waals surface area contributed by atoms with E-state index in [0.717, 1.165) is 23.1 Å². The van der Waals surface area contributed by atoms with Gasteiger partial charge in [0.15, 0.2) is 10.0 Å². The second kappa shape index (κ2) is 8.78. The maximum absolute atomic E-state index is 12.5. The van der Waals surface area contributed by atoms with E-state index in [4.69, 9.17) is 4.74 Å². The Balaban J connectivity index is 2.05. The molecule has 0 spiro atoms. The van der Waals surface area contributed by atoms with Crippen LogP contribution in [0.15, 0.2) is 4.34 Å². The highest BCUT2D eigenvalue weighted by Crippen LogP contribution is 2.32. The van der Waals surface area contributed by atoms with Gasteiger partial charge in [-0.25, -0.2) is 9.78 Å². The quantitative estimate of drug-likeness (QED) is 0.678. The first-order chi connectivity index (χ1) is 13.3. The molecule has 2 heterocycles. The SMILES string of the molecule is CSc1nc(C(=O)N[C@H]2CCN(C(=O)OC(C)(C)C)C2)c(NC(=O)C(F)(F)F)s1. The molecular weight excluding hydrogens is 433 g/mol. The molecule has 1 atom stereocenters. The van der Waals surface area contributed by atoms with Gasteiger partial charge in [0, 0.05) is 19.1 Å². The lowest BCUT2D eigenvalue weighted by Gasteiger charge is -2.24. The molecule has 162 valence electrons. The summed E-state index contributed by atoms with van der Waals surface area (Å²) in [6, 6.07) is -0.416. The number of ether oxygens (including phenoxy) is 1. The third kappa shape index (κ3) is 6.49. The highest BCUT2D eigenvalue weighted by Gasteiger charge is 2.40. The maximum atomic E-state index is 12.5. The van der Waals surface area contributed by atoms with Gasteiger partial charge >= 0.3 is 18.2 Å². The summed E-state index contributed by atoms with van der Waals surface area (Å²) in [6.07, 6.45) is -3.50. The van der Waals surface area contributed by atoms with E-state index in [2.05, 4.69) is 10.3 Å². The summed E-state index contributed by atoms with van der Waals surface area (Å²) >= 11 is 1.91. The third-order valence-electron chi connectivity index (χ3n) is 3.66. The summed E-state index contributed by atoms with van der Waals surface area (Å²) in [5, 5.41) is 4.06. The molecule has 13 heteroatoms. The molecule has 29 heavy (non-hydrogen) atoms. The lowest BCUT2D eigenvalue weighted by atomic mass is 10.2. The van der Waals surface area contributed by atoms with Crippen LogP contribution in [0, 0.1) is 0 Å². The highest BCUT2D eigenvalue weighted by molar-refractivity contribution is 8.00. The van der Waals surface area contributed by atoms with Crippen molar-refractivity contribution in [2.24, 2.45) is 0 Å². The van der Waals surface area contributed by atoms with Crippen molar-refractivity contribution < 1.29 is 32.3 Å². The van der Waals surface area contributed by atoms with Crippen molar-refractivity contribution in [3.8, 4) is 0 Å². The molecule has 3 amide bonds. The van der Waals surface area contributed by atoms with Gasteiger partial charge in [0.1, 0.15) is 10.6 Å². The molecule has 0 saturated carbocycles. The van der Waals surface area contributed by atoms with Crippen molar-refractivity contribution in [2.75, 3.05) is 24.7 Å². The van der Waals surface area contributed by atoms with Crippen molar-refractivity contribution in [1.29, 1.82) is 0 Å². The standard InChI is InChI=1S/C16H21F3N4O4S2/c1-15(2,3)27-14(26)23-6-5-8(7-23)20-10(24)9-11(29-13(21-9)28-4)22-12(25)16(17,18)19/h8H,5-7H2,1-4H3,(H,20,24)(H,22,25)/t8-/m0/s1. The van der Waals surface area contributed by atoms with Crippen LogP contribution >= 0.6 is 23.1 Å². The van der Waals surface area contributed by atoms with Crippen LogP contribution < -0.4 is 10.6 Å². The Morgan fingerprint density at radius 3 is 2.48 bits per heavy atom. The predicted molar refractivity (Wildman–Crippen MR) is 102 cm³/mol. The molecule has 1 aliphatic rings. The van der Waals surface area contributed by atoms with E-state index in [9.17, 15) is 27.6 Å². The molecule has 0 radical (unpaired) electrons. The number of thioether (sulfide) groups is 1. The number of anilines is 1. The lowest BCUT2D eigenvalue weighted by Crippen LogP contribution is -2.40. The van der Waals surface area contributed by atoms with E-state index in [1.807, 2.05) is 0 Å². The number of carbonyl (C=O) groups excluding carboxylic acids is 3. The van der Waals surface area contributed by atoms with Crippen molar-refractivity contribution in [3.63, 3.8) is 0 Å². The Hall–Kier alpha value is -2.02. The smallest absolute Gasteiger partial charge is 0.444 e. The lowest BCUT2D eigenvalue weighted by molar-refractivity contribution is -0.167. The first kappa shape index (κ1) is 23.3. The number of aromatic nitrogens is 1. The molecule has 1 fully saturated rings. The van der Waals surface area contributed by atoms with Crippen molar-refractivity contribution in [1.82, 2.24) is 15.2 Å². The summed E-state index contributed by atoms with van der Waals surface area (Å²) < 4.78 is 43.2. The highest BCUT2D eigenvalue weighted by atomic mass is 32.2. The monoisotopic (exact) mass is 454 g/mol. The number of thiazole rings is 1. The Morgan fingerprint density at radius 2 is 1.93 bits per heavy atom. The van der Waals surface area contributed by atoms with E-state index in [1.165, 1.54) is 4.90 Å². The number of rotatable bonds is 4. The molecule has 1 saturated heterocycles. The fourth-order valence-corrected chi connectivity index (χ4v) is 3.88. The van der Waals surface area contributed by atoms with Crippen molar-refractivity contribution in [2.45, 2.75) is 49.4 Å². The van der Waals surface area contributed by atoms with Crippen LogP contribution in [-0.2, 0) is 9.53 Å². The number of alkyl halides is 3. The number of nitrogens with one attached hydrogen (secondary N) is 2. The summed E-state index contributed by atoms with van der Waals surface area (Å²) in [5.74, 6) is -2.91. The van der Waals surface area contributed by atoms with Crippen LogP contribution in [0.3, 0.4) is 0 Å². The number of amides is 3. The average molecular weight is 454 g/mol. The molecule has 1 aromatic heterocycles. The minimum absolute atomic E-state index is 0.199. The van der Waals surface area contributed by atoms with Crippen molar-refractivity contribution >= 4 is 46.0 Å². The molecule has 8 nitrogen and oxygen atoms in total. The molecule has 1 aliphatic heterocycles. The number of hydrogen-bond acceptors (Lipinski definition) is 7. The number of halogens is 3. The largest absolute Gasteiger partial charge is 0.471 e. The van der Waals surface area contributed by atoms with Crippen LogP contribution in [0.5, 0.6) is 0 Å². The van der Waals surface area contributed by atoms with Crippen molar-refractivity contribution in [3.05, 3.63) is 5.69 Å². The van der Waals surface area contributed by atoms with Crippen LogP contribution in [0.2, 0.25) is 0 Å². The van der Waals surface area contributed by atoms with E-state index < -0.39 is 35.7 Å². The maximum Gasteiger partial charge on any atom is 0.471 e. The van der Waals surface area contributed by atoms with Gasteiger partial charge in [-0.15, -0.1) is 0 Å². The van der Waals surface area contributed by atoms with E-state index >= 15 is 0 Å². The molecule has 0 bridgehead atoms. The average Bonchev–Trinajstić information content (AvgIpc) is 3.19. The summed E-state index contributed by atoms with van der Waals surface area (Å²) in [5.41, 5.74) is -0.952. The zero-order valence-corrected chi connectivity index (χ0v) is 17.8. The molecule has 2 N–H and O–H groups in total. The molecule has 2 rings (SSSR count). The molecule has 0 unspecified atom stereocenters. The number of hydrogen-bond donors (Lipinski definition) is 2. The summed E-state index contributed by atoms with van der Waals surface area (Å²) in [4.78, 5) is 41.3. The summed E-state index contributed by atoms with van der Waals surface area (Å²) in [7, 11) is 0. The van der Waals surface area contributed by atoms with Gasteiger partial charge in [-0.3, -0.25) is 9.59 Å². The molecule has 1 aromatic rings. The van der Waals surface area contributed by atoms with Crippen LogP contribution in [0.4, 0.5) is 23.0 Å². The second-order valence-corrected chi connectivity index (χ2v) is 9.25. The van der Waals surface area contributed by atoms with E-state index in [0.29, 0.717) is 17.3 Å². The molecule has 0 aromatic carbocycles. The Kier molecular flexibility index (Phi) is 7.04. The van der Waals surface area contributed by atoms with Gasteiger partial charge in [-0.2, -0.15) is 13.2 Å². The summed E-state index contributed by atoms with van der Waals surface area (Å²) in [6.45, 7) is 5.78. The fourth-order valence-electron chi connectivity index (χ4n) is 2.42. The first-order valence-corrected chi connectivity index (χ1v) is 10.6. The van der Waals surface area contributed by atoms with Crippen LogP contribution in [-0.4, -0.2) is 65.0 Å². The Morgan fingerprint density at radius 1 is 1.28 bits per heavy atom. The minimum Gasteiger partial charge on any atom is -0.444 e. The molecular formula is C16H21F3N4O4S2. The van der Waals surface area contributed by atoms with Crippen LogP contribution in [0.25, 0.3) is 0 Å². The minimum atomic E-state index is -5.09. The van der Waals surface area contributed by atoms with Gasteiger partial charge in [0.25, 0.3) is 5.91 Å². The zero-order chi connectivity index (χ0) is 22.0.